The Morgan fingerprint density at radius 2 is 1.83 bits per heavy atom. The van der Waals surface area contributed by atoms with Gasteiger partial charge in [0.15, 0.2) is 5.78 Å². The second-order valence-electron chi connectivity index (χ2n) is 10.8. The number of fused-ring (bicyclic) bond motifs is 4. The van der Waals surface area contributed by atoms with Gasteiger partial charge in [-0.1, -0.05) is 26.8 Å². The lowest BCUT2D eigenvalue weighted by molar-refractivity contribution is 0.0115. The molecule has 5 nitrogen and oxygen atoms in total. The second kappa shape index (κ2) is 8.89. The lowest BCUT2D eigenvalue weighted by Gasteiger charge is -2.42. The minimum atomic E-state index is -0.268. The summed E-state index contributed by atoms with van der Waals surface area (Å²) < 4.78 is 6.73. The van der Waals surface area contributed by atoms with Crippen LogP contribution in [0.4, 0.5) is 5.69 Å². The standard InChI is InChI=1S/C29H34IN3O2/c1-4-18-15-22-23(17-25(18)33-9-7-20(8-10-33)32-11-13-35-14-12-32)29(2,3)28-26(27(22)34)21-6-5-19(30)16-24(21)31-28/h5-6,15-17,20,31H,4,7-14H2,1-3H3. The van der Waals surface area contributed by atoms with E-state index in [9.17, 15) is 4.79 Å². The molecule has 1 aromatic heterocycles. The number of aryl methyl sites for hydroxylation is 1. The van der Waals surface area contributed by atoms with Crippen molar-refractivity contribution in [2.75, 3.05) is 44.3 Å². The fourth-order valence-corrected chi connectivity index (χ4v) is 6.96. The van der Waals surface area contributed by atoms with Gasteiger partial charge >= 0.3 is 0 Å². The Balaban J connectivity index is 1.37. The van der Waals surface area contributed by atoms with Gasteiger partial charge in [0.1, 0.15) is 0 Å². The highest BCUT2D eigenvalue weighted by atomic mass is 127. The molecule has 2 aliphatic heterocycles. The normalized spacial score (nSPS) is 20.8. The molecular formula is C29H34IN3O2. The Bertz CT molecular complexity index is 1300. The molecule has 6 heteroatoms. The van der Waals surface area contributed by atoms with Gasteiger partial charge in [-0.15, -0.1) is 0 Å². The average Bonchev–Trinajstić information content (AvgIpc) is 3.27. The van der Waals surface area contributed by atoms with Crippen LogP contribution in [0.3, 0.4) is 0 Å². The predicted molar refractivity (Wildman–Crippen MR) is 150 cm³/mol. The first-order valence-electron chi connectivity index (χ1n) is 13.0. The molecule has 0 radical (unpaired) electrons. The molecule has 0 spiro atoms. The number of rotatable bonds is 3. The summed E-state index contributed by atoms with van der Waals surface area (Å²) in [7, 11) is 0. The molecule has 35 heavy (non-hydrogen) atoms. The van der Waals surface area contributed by atoms with Crippen LogP contribution in [0.5, 0.6) is 0 Å². The van der Waals surface area contributed by atoms with E-state index in [4.69, 9.17) is 4.74 Å². The number of carbonyl (C=O) groups excluding carboxylic acids is 1. The second-order valence-corrected chi connectivity index (χ2v) is 12.0. The lowest BCUT2D eigenvalue weighted by atomic mass is 9.70. The van der Waals surface area contributed by atoms with Crippen LogP contribution in [0.25, 0.3) is 10.9 Å². The third-order valence-corrected chi connectivity index (χ3v) is 9.17. The molecule has 6 rings (SSSR count). The number of ketones is 1. The topological polar surface area (TPSA) is 48.6 Å². The van der Waals surface area contributed by atoms with Gasteiger partial charge in [-0.25, -0.2) is 0 Å². The lowest BCUT2D eigenvalue weighted by Crippen LogP contribution is -2.49. The van der Waals surface area contributed by atoms with E-state index in [2.05, 4.69) is 88.5 Å². The maximum Gasteiger partial charge on any atom is 0.195 e. The van der Waals surface area contributed by atoms with E-state index >= 15 is 0 Å². The van der Waals surface area contributed by atoms with Crippen LogP contribution in [0, 0.1) is 3.57 Å². The quantitative estimate of drug-likeness (QED) is 0.414. The number of benzene rings is 2. The van der Waals surface area contributed by atoms with E-state index < -0.39 is 0 Å². The molecule has 0 unspecified atom stereocenters. The molecule has 1 aliphatic carbocycles. The van der Waals surface area contributed by atoms with Crippen LogP contribution >= 0.6 is 22.6 Å². The first-order chi connectivity index (χ1) is 16.9. The molecule has 2 aromatic carbocycles. The van der Waals surface area contributed by atoms with Crippen molar-refractivity contribution in [3.05, 3.63) is 61.8 Å². The number of anilines is 1. The fraction of sp³-hybridized carbons (Fsp3) is 0.483. The van der Waals surface area contributed by atoms with Crippen molar-refractivity contribution < 1.29 is 9.53 Å². The van der Waals surface area contributed by atoms with Gasteiger partial charge in [0.25, 0.3) is 0 Å². The summed E-state index contributed by atoms with van der Waals surface area (Å²) in [5.74, 6) is 0.161. The number of carbonyl (C=O) groups is 1. The summed E-state index contributed by atoms with van der Waals surface area (Å²) >= 11 is 2.34. The Labute approximate surface area is 221 Å². The molecule has 0 amide bonds. The number of hydrogen-bond donors (Lipinski definition) is 1. The van der Waals surface area contributed by atoms with Crippen LogP contribution in [-0.2, 0) is 16.6 Å². The van der Waals surface area contributed by atoms with E-state index in [-0.39, 0.29) is 11.2 Å². The van der Waals surface area contributed by atoms with Crippen LogP contribution in [0.2, 0.25) is 0 Å². The maximum absolute atomic E-state index is 13.9. The fourth-order valence-electron chi connectivity index (χ4n) is 6.47. The van der Waals surface area contributed by atoms with Gasteiger partial charge in [0, 0.05) is 69.1 Å². The number of halogens is 1. The van der Waals surface area contributed by atoms with E-state index in [0.29, 0.717) is 6.04 Å². The number of hydrogen-bond acceptors (Lipinski definition) is 4. The monoisotopic (exact) mass is 583 g/mol. The number of nitrogens with zero attached hydrogens (tertiary/aromatic N) is 2. The van der Waals surface area contributed by atoms with Crippen molar-refractivity contribution in [1.29, 1.82) is 0 Å². The third-order valence-electron chi connectivity index (χ3n) is 8.50. The highest BCUT2D eigenvalue weighted by Gasteiger charge is 2.40. The summed E-state index contributed by atoms with van der Waals surface area (Å²) in [6.45, 7) is 12.7. The van der Waals surface area contributed by atoms with Crippen LogP contribution < -0.4 is 4.90 Å². The minimum absolute atomic E-state index is 0.161. The van der Waals surface area contributed by atoms with Crippen molar-refractivity contribution in [2.45, 2.75) is 51.5 Å². The molecule has 3 aliphatic rings. The smallest absolute Gasteiger partial charge is 0.195 e. The molecular weight excluding hydrogens is 549 g/mol. The Morgan fingerprint density at radius 3 is 2.54 bits per heavy atom. The Hall–Kier alpha value is -1.90. The molecule has 0 bridgehead atoms. The summed E-state index contributed by atoms with van der Waals surface area (Å²) in [5, 5.41) is 1.04. The zero-order valence-corrected chi connectivity index (χ0v) is 23.1. The molecule has 0 saturated carbocycles. The van der Waals surface area contributed by atoms with Gasteiger partial charge in [-0.2, -0.15) is 0 Å². The van der Waals surface area contributed by atoms with Gasteiger partial charge in [-0.05, 0) is 77.2 Å². The SMILES string of the molecule is CCc1cc2c(cc1N1CCC(N3CCOCC3)CC1)C(C)(C)c1[nH]c3cc(I)ccc3c1C2=O. The summed E-state index contributed by atoms with van der Waals surface area (Å²) in [5.41, 5.74) is 7.33. The molecule has 2 saturated heterocycles. The number of nitrogens with one attached hydrogen (secondary N) is 1. The van der Waals surface area contributed by atoms with Gasteiger partial charge in [-0.3, -0.25) is 9.69 Å². The number of ether oxygens (including phenoxy) is 1. The number of aromatic nitrogens is 1. The Kier molecular flexibility index (Phi) is 5.97. The minimum Gasteiger partial charge on any atom is -0.379 e. The maximum atomic E-state index is 13.9. The van der Waals surface area contributed by atoms with Crippen molar-refractivity contribution in [3.63, 3.8) is 0 Å². The molecule has 2 fully saturated rings. The van der Waals surface area contributed by atoms with E-state index in [1.165, 1.54) is 27.7 Å². The van der Waals surface area contributed by atoms with Crippen LogP contribution in [0.1, 0.15) is 66.4 Å². The van der Waals surface area contributed by atoms with Crippen LogP contribution in [0.15, 0.2) is 30.3 Å². The zero-order valence-electron chi connectivity index (χ0n) is 20.9. The first-order valence-corrected chi connectivity index (χ1v) is 14.1. The van der Waals surface area contributed by atoms with E-state index in [0.717, 1.165) is 79.1 Å². The zero-order chi connectivity index (χ0) is 24.3. The summed E-state index contributed by atoms with van der Waals surface area (Å²) in [6.07, 6.45) is 3.30. The molecule has 184 valence electrons. The summed E-state index contributed by atoms with van der Waals surface area (Å²) in [6, 6.07) is 11.5. The molecule has 3 heterocycles. The third kappa shape index (κ3) is 3.83. The predicted octanol–water partition coefficient (Wildman–Crippen LogP) is 5.51. The Morgan fingerprint density at radius 1 is 1.09 bits per heavy atom. The first kappa shape index (κ1) is 23.5. The van der Waals surface area contributed by atoms with Gasteiger partial charge in [0.2, 0.25) is 0 Å². The van der Waals surface area contributed by atoms with Crippen LogP contribution in [-0.4, -0.2) is 61.1 Å². The van der Waals surface area contributed by atoms with Crippen molar-refractivity contribution in [1.82, 2.24) is 9.88 Å². The largest absolute Gasteiger partial charge is 0.379 e. The van der Waals surface area contributed by atoms with Gasteiger partial charge in [0.05, 0.1) is 18.8 Å². The van der Waals surface area contributed by atoms with Gasteiger partial charge < -0.3 is 14.6 Å². The number of aromatic amines is 1. The molecule has 1 N–H and O–H groups in total. The number of piperidine rings is 1. The highest BCUT2D eigenvalue weighted by Crippen LogP contribution is 2.46. The molecule has 3 aromatic rings. The van der Waals surface area contributed by atoms with Crippen molar-refractivity contribution in [2.24, 2.45) is 0 Å². The number of H-pyrrole nitrogens is 1. The van der Waals surface area contributed by atoms with Crippen molar-refractivity contribution >= 4 is 45.0 Å². The van der Waals surface area contributed by atoms with E-state index in [1.54, 1.807) is 0 Å². The van der Waals surface area contributed by atoms with E-state index in [1.807, 2.05) is 0 Å². The number of morpholine rings is 1. The van der Waals surface area contributed by atoms with Crippen molar-refractivity contribution in [3.8, 4) is 0 Å². The molecule has 0 atom stereocenters. The highest BCUT2D eigenvalue weighted by molar-refractivity contribution is 14.1. The average molecular weight is 584 g/mol. The summed E-state index contributed by atoms with van der Waals surface area (Å²) in [4.78, 5) is 22.7.